The van der Waals surface area contributed by atoms with E-state index >= 15 is 0 Å². The van der Waals surface area contributed by atoms with Gasteiger partial charge in [0.05, 0.1) is 16.8 Å². The van der Waals surface area contributed by atoms with Crippen LogP contribution in [0.1, 0.15) is 57.0 Å². The highest BCUT2D eigenvalue weighted by atomic mass is 79.9. The largest absolute Gasteiger partial charge is 0.378 e. The monoisotopic (exact) mass is 341 g/mol. The van der Waals surface area contributed by atoms with Crippen molar-refractivity contribution in [1.82, 2.24) is 9.97 Å². The van der Waals surface area contributed by atoms with Gasteiger partial charge < -0.3 is 10.1 Å². The van der Waals surface area contributed by atoms with Crippen LogP contribution in [0.3, 0.4) is 0 Å². The second-order valence-electron chi connectivity index (χ2n) is 5.62. The third kappa shape index (κ3) is 3.70. The number of anilines is 1. The first-order valence-corrected chi connectivity index (χ1v) is 8.24. The summed E-state index contributed by atoms with van der Waals surface area (Å²) >= 11 is 3.59. The third-order valence-electron chi connectivity index (χ3n) is 3.86. The number of hydrogen-bond donors (Lipinski definition) is 1. The smallest absolute Gasteiger partial charge is 0.144 e. The number of rotatable bonds is 5. The van der Waals surface area contributed by atoms with Crippen molar-refractivity contribution >= 4 is 21.7 Å². The molecule has 0 spiro atoms. The van der Waals surface area contributed by atoms with Gasteiger partial charge >= 0.3 is 0 Å². The molecule has 1 heterocycles. The van der Waals surface area contributed by atoms with Crippen LogP contribution < -0.4 is 5.32 Å². The number of halogens is 1. The first kappa shape index (κ1) is 15.7. The molecule has 2 rings (SSSR count). The van der Waals surface area contributed by atoms with E-state index < -0.39 is 0 Å². The molecule has 0 bridgehead atoms. The van der Waals surface area contributed by atoms with Crippen molar-refractivity contribution in [2.75, 3.05) is 19.0 Å². The van der Waals surface area contributed by atoms with E-state index in [1.807, 2.05) is 0 Å². The summed E-state index contributed by atoms with van der Waals surface area (Å²) < 4.78 is 6.18. The quantitative estimate of drug-likeness (QED) is 0.875. The normalized spacial score (nSPS) is 22.8. The fourth-order valence-electron chi connectivity index (χ4n) is 2.88. The molecule has 2 atom stereocenters. The van der Waals surface area contributed by atoms with Crippen molar-refractivity contribution in [2.24, 2.45) is 5.92 Å². The van der Waals surface area contributed by atoms with Crippen molar-refractivity contribution in [3.63, 3.8) is 0 Å². The van der Waals surface area contributed by atoms with E-state index in [0.717, 1.165) is 34.3 Å². The summed E-state index contributed by atoms with van der Waals surface area (Å²) in [5.74, 6) is 3.12. The lowest BCUT2D eigenvalue weighted by Gasteiger charge is -2.26. The lowest BCUT2D eigenvalue weighted by atomic mass is 9.82. The molecular weight excluding hydrogens is 318 g/mol. The molecule has 0 radical (unpaired) electrons. The van der Waals surface area contributed by atoms with Crippen LogP contribution in [0.15, 0.2) is 4.47 Å². The van der Waals surface area contributed by atoms with Crippen LogP contribution in [-0.4, -0.2) is 23.6 Å². The van der Waals surface area contributed by atoms with Gasteiger partial charge in [-0.25, -0.2) is 9.97 Å². The van der Waals surface area contributed by atoms with Crippen LogP contribution in [0.4, 0.5) is 5.82 Å². The Morgan fingerprint density at radius 2 is 2.15 bits per heavy atom. The Bertz CT molecular complexity index is 426. The molecule has 1 aromatic heterocycles. The summed E-state index contributed by atoms with van der Waals surface area (Å²) in [5, 5.41) is 3.31. The predicted molar refractivity (Wildman–Crippen MR) is 85.0 cm³/mol. The Kier molecular flexibility index (Phi) is 5.78. The second kappa shape index (κ2) is 7.36. The molecule has 1 aromatic rings. The Labute approximate surface area is 129 Å². The SMILES string of the molecule is CCNc1nc(C2CCCC(C)C2)nc(COC)c1Br. The highest BCUT2D eigenvalue weighted by Crippen LogP contribution is 2.36. The van der Waals surface area contributed by atoms with E-state index in [4.69, 9.17) is 14.7 Å². The van der Waals surface area contributed by atoms with Crippen LogP contribution >= 0.6 is 15.9 Å². The topological polar surface area (TPSA) is 47.0 Å². The third-order valence-corrected chi connectivity index (χ3v) is 4.70. The molecule has 20 heavy (non-hydrogen) atoms. The first-order valence-electron chi connectivity index (χ1n) is 7.44. The van der Waals surface area contributed by atoms with Gasteiger partial charge in [-0.15, -0.1) is 0 Å². The van der Waals surface area contributed by atoms with Gasteiger partial charge in [-0.1, -0.05) is 19.8 Å². The van der Waals surface area contributed by atoms with Gasteiger partial charge in [-0.3, -0.25) is 0 Å². The second-order valence-corrected chi connectivity index (χ2v) is 6.42. The molecule has 1 aliphatic carbocycles. The van der Waals surface area contributed by atoms with E-state index in [0.29, 0.717) is 12.5 Å². The van der Waals surface area contributed by atoms with Gasteiger partial charge in [0.1, 0.15) is 11.6 Å². The summed E-state index contributed by atoms with van der Waals surface area (Å²) in [5.41, 5.74) is 0.937. The molecule has 112 valence electrons. The minimum atomic E-state index is 0.486. The van der Waals surface area contributed by atoms with Crippen molar-refractivity contribution in [3.8, 4) is 0 Å². The van der Waals surface area contributed by atoms with Gasteiger partial charge in [-0.2, -0.15) is 0 Å². The lowest BCUT2D eigenvalue weighted by molar-refractivity contribution is 0.180. The molecule has 0 aliphatic heterocycles. The van der Waals surface area contributed by atoms with Crippen LogP contribution in [-0.2, 0) is 11.3 Å². The zero-order chi connectivity index (χ0) is 14.5. The zero-order valence-corrected chi connectivity index (χ0v) is 14.2. The number of ether oxygens (including phenoxy) is 1. The maximum atomic E-state index is 5.26. The minimum absolute atomic E-state index is 0.486. The van der Waals surface area contributed by atoms with Gasteiger partial charge in [0.15, 0.2) is 0 Å². The molecule has 4 nitrogen and oxygen atoms in total. The number of methoxy groups -OCH3 is 1. The summed E-state index contributed by atoms with van der Waals surface area (Å²) in [6, 6.07) is 0. The Hall–Kier alpha value is -0.680. The molecule has 1 fully saturated rings. The zero-order valence-electron chi connectivity index (χ0n) is 12.6. The fraction of sp³-hybridized carbons (Fsp3) is 0.733. The number of hydrogen-bond acceptors (Lipinski definition) is 4. The Morgan fingerprint density at radius 3 is 2.80 bits per heavy atom. The number of nitrogens with zero attached hydrogens (tertiary/aromatic N) is 2. The first-order chi connectivity index (χ1) is 9.65. The number of aromatic nitrogens is 2. The van der Waals surface area contributed by atoms with E-state index in [2.05, 4.69) is 35.1 Å². The van der Waals surface area contributed by atoms with E-state index in [1.165, 1.54) is 25.7 Å². The van der Waals surface area contributed by atoms with E-state index in [1.54, 1.807) is 7.11 Å². The summed E-state index contributed by atoms with van der Waals surface area (Å²) in [4.78, 5) is 9.48. The van der Waals surface area contributed by atoms with Gasteiger partial charge in [0.25, 0.3) is 0 Å². The average Bonchev–Trinajstić information content (AvgIpc) is 2.43. The maximum absolute atomic E-state index is 5.26. The van der Waals surface area contributed by atoms with E-state index in [9.17, 15) is 0 Å². The molecule has 1 saturated carbocycles. The Morgan fingerprint density at radius 1 is 1.35 bits per heavy atom. The summed E-state index contributed by atoms with van der Waals surface area (Å²) in [6.45, 7) is 5.76. The number of nitrogens with one attached hydrogen (secondary N) is 1. The lowest BCUT2D eigenvalue weighted by Crippen LogP contribution is -2.17. The molecular formula is C15H24BrN3O. The van der Waals surface area contributed by atoms with Crippen LogP contribution in [0.5, 0.6) is 0 Å². The Balaban J connectivity index is 2.31. The minimum Gasteiger partial charge on any atom is -0.378 e. The summed E-state index contributed by atoms with van der Waals surface area (Å²) in [6.07, 6.45) is 5.00. The van der Waals surface area contributed by atoms with Crippen molar-refractivity contribution in [3.05, 3.63) is 16.0 Å². The van der Waals surface area contributed by atoms with E-state index in [-0.39, 0.29) is 0 Å². The van der Waals surface area contributed by atoms with Gasteiger partial charge in [0, 0.05) is 19.6 Å². The van der Waals surface area contributed by atoms with Crippen molar-refractivity contribution in [1.29, 1.82) is 0 Å². The standard InChI is InChI=1S/C15H24BrN3O/c1-4-17-15-13(16)12(9-20-3)18-14(19-15)11-7-5-6-10(2)8-11/h10-11H,4-9H2,1-3H3,(H,17,18,19). The van der Waals surface area contributed by atoms with Crippen LogP contribution in [0.25, 0.3) is 0 Å². The fourth-order valence-corrected chi connectivity index (χ4v) is 3.31. The van der Waals surface area contributed by atoms with Crippen molar-refractivity contribution in [2.45, 2.75) is 52.1 Å². The average molecular weight is 342 g/mol. The molecule has 1 N–H and O–H groups in total. The highest BCUT2D eigenvalue weighted by molar-refractivity contribution is 9.10. The summed E-state index contributed by atoms with van der Waals surface area (Å²) in [7, 11) is 1.70. The maximum Gasteiger partial charge on any atom is 0.144 e. The predicted octanol–water partition coefficient (Wildman–Crippen LogP) is 4.11. The van der Waals surface area contributed by atoms with Gasteiger partial charge in [0.2, 0.25) is 0 Å². The molecule has 0 amide bonds. The van der Waals surface area contributed by atoms with Crippen LogP contribution in [0, 0.1) is 5.92 Å². The molecule has 2 unspecified atom stereocenters. The molecule has 1 aliphatic rings. The molecule has 0 saturated heterocycles. The van der Waals surface area contributed by atoms with Crippen LogP contribution in [0.2, 0.25) is 0 Å². The van der Waals surface area contributed by atoms with Gasteiger partial charge in [-0.05, 0) is 41.6 Å². The van der Waals surface area contributed by atoms with Crippen molar-refractivity contribution < 1.29 is 4.74 Å². The molecule has 5 heteroatoms. The highest BCUT2D eigenvalue weighted by Gasteiger charge is 2.24. The molecule has 0 aromatic carbocycles.